The maximum Gasteiger partial charge on any atom is 0.416 e. The molecule has 1 heterocycles. The van der Waals surface area contributed by atoms with E-state index in [1.807, 2.05) is 0 Å². The largest absolute Gasteiger partial charge is 0.449 e. The van der Waals surface area contributed by atoms with Gasteiger partial charge in [0.25, 0.3) is 0 Å². The molecule has 2 aromatic carbocycles. The maximum absolute atomic E-state index is 15.1. The summed E-state index contributed by atoms with van der Waals surface area (Å²) in [6, 6.07) is 4.79. The monoisotopic (exact) mass is 552 g/mol. The summed E-state index contributed by atoms with van der Waals surface area (Å²) < 4.78 is 131. The van der Waals surface area contributed by atoms with E-state index in [9.17, 15) is 36.4 Å². The Bertz CT molecular complexity index is 1200. The molecule has 0 saturated carbocycles. The van der Waals surface area contributed by atoms with Crippen LogP contribution < -0.4 is 4.90 Å². The molecule has 0 bridgehead atoms. The zero-order valence-electron chi connectivity index (χ0n) is 19.9. The Morgan fingerprint density at radius 1 is 1.03 bits per heavy atom. The van der Waals surface area contributed by atoms with Crippen LogP contribution in [0.25, 0.3) is 0 Å². The Hall–Kier alpha value is -3.43. The lowest BCUT2D eigenvalue weighted by molar-refractivity contribution is -0.199. The van der Waals surface area contributed by atoms with Gasteiger partial charge in [-0.05, 0) is 55.2 Å². The number of hydrogen-bond donors (Lipinski definition) is 0. The van der Waals surface area contributed by atoms with E-state index in [2.05, 4.69) is 0 Å². The number of rotatable bonds is 4. The van der Waals surface area contributed by atoms with Gasteiger partial charge in [0, 0.05) is 6.04 Å². The number of halogens is 9. The summed E-state index contributed by atoms with van der Waals surface area (Å²) in [7, 11) is 0. The lowest BCUT2D eigenvalue weighted by atomic mass is 9.61. The highest BCUT2D eigenvalue weighted by molar-refractivity contribution is 5.91. The molecule has 0 saturated heterocycles. The average molecular weight is 552 g/mol. The summed E-state index contributed by atoms with van der Waals surface area (Å²) in [6.07, 6.45) is -18.1. The highest BCUT2D eigenvalue weighted by atomic mass is 19.4. The first-order chi connectivity index (χ1) is 17.5. The van der Waals surface area contributed by atoms with Crippen molar-refractivity contribution in [1.29, 1.82) is 5.26 Å². The summed E-state index contributed by atoms with van der Waals surface area (Å²) in [6.45, 7) is 2.83. The Morgan fingerprint density at radius 2 is 1.58 bits per heavy atom. The molecule has 2 aromatic rings. The second kappa shape index (κ2) is 10.0. The van der Waals surface area contributed by atoms with Crippen molar-refractivity contribution in [2.75, 3.05) is 11.5 Å². The molecule has 38 heavy (non-hydrogen) atoms. The Balaban J connectivity index is 2.41. The van der Waals surface area contributed by atoms with Gasteiger partial charge in [0.05, 0.1) is 35.4 Å². The molecule has 0 N–H and O–H groups in total. The van der Waals surface area contributed by atoms with E-state index >= 15 is 13.2 Å². The van der Waals surface area contributed by atoms with Crippen molar-refractivity contribution >= 4 is 11.8 Å². The first-order valence-corrected chi connectivity index (χ1v) is 11.3. The maximum atomic E-state index is 15.1. The van der Waals surface area contributed by atoms with Crippen molar-refractivity contribution < 1.29 is 49.0 Å². The number of nitriles is 1. The predicted molar refractivity (Wildman–Crippen MR) is 117 cm³/mol. The molecule has 1 amide bonds. The molecule has 3 atom stereocenters. The number of hydrogen-bond acceptors (Lipinski definition) is 3. The van der Waals surface area contributed by atoms with Crippen LogP contribution in [-0.4, -0.2) is 24.9 Å². The van der Waals surface area contributed by atoms with Crippen LogP contribution in [0.15, 0.2) is 42.5 Å². The molecule has 13 heteroatoms. The number of amides is 1. The van der Waals surface area contributed by atoms with Crippen molar-refractivity contribution in [2.24, 2.45) is 0 Å². The Morgan fingerprint density at radius 3 is 2.03 bits per heavy atom. The topological polar surface area (TPSA) is 53.3 Å². The van der Waals surface area contributed by atoms with Crippen LogP contribution in [0.5, 0.6) is 0 Å². The number of benzene rings is 2. The third-order valence-electron chi connectivity index (χ3n) is 6.57. The number of fused-ring (bicyclic) bond motifs is 1. The normalized spacial score (nSPS) is 20.9. The quantitative estimate of drug-likeness (QED) is 0.362. The smallest absolute Gasteiger partial charge is 0.416 e. The van der Waals surface area contributed by atoms with E-state index < -0.39 is 70.7 Å². The van der Waals surface area contributed by atoms with Crippen molar-refractivity contribution in [3.63, 3.8) is 0 Å². The molecule has 0 unspecified atom stereocenters. The van der Waals surface area contributed by atoms with Gasteiger partial charge in [0.2, 0.25) is 0 Å². The van der Waals surface area contributed by atoms with Gasteiger partial charge in [-0.3, -0.25) is 4.90 Å². The Kier molecular flexibility index (Phi) is 7.69. The van der Waals surface area contributed by atoms with Gasteiger partial charge >= 0.3 is 24.6 Å². The molecule has 0 aromatic heterocycles. The molecule has 1 aliphatic heterocycles. The van der Waals surface area contributed by atoms with E-state index in [0.29, 0.717) is 0 Å². The second-order valence-electron chi connectivity index (χ2n) is 8.72. The molecule has 1 aliphatic rings. The highest BCUT2D eigenvalue weighted by Crippen LogP contribution is 2.59. The van der Waals surface area contributed by atoms with Crippen LogP contribution in [0, 0.1) is 11.3 Å². The van der Waals surface area contributed by atoms with Crippen LogP contribution in [0.3, 0.4) is 0 Å². The van der Waals surface area contributed by atoms with E-state index in [1.165, 1.54) is 32.0 Å². The fraction of sp³-hybridized carbons (Fsp3) is 0.440. The number of para-hydroxylation sites is 1. The zero-order valence-corrected chi connectivity index (χ0v) is 19.9. The van der Waals surface area contributed by atoms with Crippen LogP contribution in [-0.2, 0) is 22.5 Å². The third kappa shape index (κ3) is 5.00. The molecular weight excluding hydrogens is 531 g/mol. The minimum atomic E-state index is -5.33. The summed E-state index contributed by atoms with van der Waals surface area (Å²) in [5.41, 5.74) is -8.98. The van der Waals surface area contributed by atoms with Crippen LogP contribution >= 0.6 is 0 Å². The van der Waals surface area contributed by atoms with E-state index in [-0.39, 0.29) is 36.9 Å². The summed E-state index contributed by atoms with van der Waals surface area (Å²) in [5, 5.41) is 9.97. The molecule has 0 radical (unpaired) electrons. The molecular formula is C25H21F9N2O2. The Labute approximate surface area is 211 Å². The summed E-state index contributed by atoms with van der Waals surface area (Å²) >= 11 is 0. The lowest BCUT2D eigenvalue weighted by Crippen LogP contribution is -2.57. The van der Waals surface area contributed by atoms with Gasteiger partial charge in [-0.2, -0.15) is 44.8 Å². The third-order valence-corrected chi connectivity index (χ3v) is 6.57. The van der Waals surface area contributed by atoms with Gasteiger partial charge in [0.15, 0.2) is 0 Å². The fourth-order valence-electron chi connectivity index (χ4n) is 4.92. The number of ether oxygens (including phenoxy) is 1. The SMILES string of the molecule is CCOC(=O)N1c2ccccc2[C@]([C@@H](C#N)c2cc(C(F)(F)F)cc(C(F)(F)F)c2)(C(F)(F)F)C[C@H]1CC. The van der Waals surface area contributed by atoms with Crippen molar-refractivity contribution in [3.05, 3.63) is 64.7 Å². The molecule has 206 valence electrons. The van der Waals surface area contributed by atoms with Crippen molar-refractivity contribution in [2.45, 2.75) is 62.6 Å². The molecule has 0 spiro atoms. The van der Waals surface area contributed by atoms with Crippen molar-refractivity contribution in [1.82, 2.24) is 0 Å². The van der Waals surface area contributed by atoms with Crippen LogP contribution in [0.2, 0.25) is 0 Å². The highest BCUT2D eigenvalue weighted by Gasteiger charge is 2.65. The van der Waals surface area contributed by atoms with E-state index in [4.69, 9.17) is 4.74 Å². The number of anilines is 1. The predicted octanol–water partition coefficient (Wildman–Crippen LogP) is 7.98. The second-order valence-corrected chi connectivity index (χ2v) is 8.72. The molecule has 4 nitrogen and oxygen atoms in total. The number of alkyl halides is 9. The molecule has 3 rings (SSSR count). The minimum absolute atomic E-state index is 0.0838. The standard InChI is InChI=1S/C25H21F9N2O2/c1-3-17-12-22(25(32,33)34,18-7-5-6-8-20(18)36(17)21(37)38-4-2)19(13-35)14-9-15(23(26,27)28)11-16(10-14)24(29,30)31/h5-11,17,19H,3-4,12H2,1-2H3/t17-,19+,22-/m1/s1. The van der Waals surface area contributed by atoms with E-state index in [0.717, 1.165) is 17.0 Å². The minimum Gasteiger partial charge on any atom is -0.449 e. The first kappa shape index (κ1) is 29.1. The van der Waals surface area contributed by atoms with Crippen LogP contribution in [0.4, 0.5) is 50.0 Å². The summed E-state index contributed by atoms with van der Waals surface area (Å²) in [5.74, 6) is -2.52. The molecule has 0 fully saturated rings. The van der Waals surface area contributed by atoms with Gasteiger partial charge < -0.3 is 4.74 Å². The average Bonchev–Trinajstić information content (AvgIpc) is 2.82. The zero-order chi connectivity index (χ0) is 28.7. The van der Waals surface area contributed by atoms with Gasteiger partial charge in [-0.1, -0.05) is 25.1 Å². The van der Waals surface area contributed by atoms with Gasteiger partial charge in [-0.25, -0.2) is 4.79 Å². The number of carbonyl (C=O) groups excluding carboxylic acids is 1. The van der Waals surface area contributed by atoms with E-state index in [1.54, 1.807) is 0 Å². The van der Waals surface area contributed by atoms with Gasteiger partial charge in [-0.15, -0.1) is 0 Å². The number of nitrogens with zero attached hydrogens (tertiary/aromatic N) is 2. The van der Waals surface area contributed by atoms with Gasteiger partial charge in [0.1, 0.15) is 5.41 Å². The first-order valence-electron chi connectivity index (χ1n) is 11.3. The summed E-state index contributed by atoms with van der Waals surface area (Å²) in [4.78, 5) is 13.7. The molecule has 0 aliphatic carbocycles. The lowest BCUT2D eigenvalue weighted by Gasteiger charge is -2.49. The van der Waals surface area contributed by atoms with Crippen LogP contribution in [0.1, 0.15) is 54.9 Å². The fourth-order valence-corrected chi connectivity index (χ4v) is 4.92. The number of carbonyl (C=O) groups is 1. The van der Waals surface area contributed by atoms with Crippen molar-refractivity contribution in [3.8, 4) is 6.07 Å².